The lowest BCUT2D eigenvalue weighted by molar-refractivity contribution is -0.137. The van der Waals surface area contributed by atoms with Crippen molar-refractivity contribution in [2.75, 3.05) is 5.32 Å². The summed E-state index contributed by atoms with van der Waals surface area (Å²) in [7, 11) is 0. The highest BCUT2D eigenvalue weighted by atomic mass is 19.4. The summed E-state index contributed by atoms with van der Waals surface area (Å²) < 4.78 is 39.5. The molecule has 0 unspecified atom stereocenters. The zero-order chi connectivity index (χ0) is 19.6. The Labute approximate surface area is 154 Å². The van der Waals surface area contributed by atoms with Crippen molar-refractivity contribution >= 4 is 11.6 Å². The third-order valence-electron chi connectivity index (χ3n) is 4.15. The summed E-state index contributed by atoms with van der Waals surface area (Å²) in [5.41, 5.74) is 1.16. The SMILES string of the molecule is Cc1cc(NC(=O)c2ccc(-c3ccccc3C(F)(F)F)cc2)ccc1O. The molecule has 0 aliphatic rings. The Bertz CT molecular complexity index is 979. The zero-order valence-electron chi connectivity index (χ0n) is 14.3. The molecule has 3 rings (SSSR count). The van der Waals surface area contributed by atoms with Crippen LogP contribution in [0.3, 0.4) is 0 Å². The van der Waals surface area contributed by atoms with Gasteiger partial charge in [0.25, 0.3) is 5.91 Å². The van der Waals surface area contributed by atoms with Gasteiger partial charge in [0.1, 0.15) is 5.75 Å². The molecule has 0 aromatic heterocycles. The van der Waals surface area contributed by atoms with Crippen LogP contribution in [0.1, 0.15) is 21.5 Å². The van der Waals surface area contributed by atoms with Gasteiger partial charge in [-0.3, -0.25) is 4.79 Å². The summed E-state index contributed by atoms with van der Waals surface area (Å²) in [5.74, 6) is -0.267. The number of carbonyl (C=O) groups excluding carboxylic acids is 1. The van der Waals surface area contributed by atoms with Gasteiger partial charge in [0, 0.05) is 11.3 Å². The number of halogens is 3. The number of alkyl halides is 3. The molecule has 3 aromatic carbocycles. The standard InChI is InChI=1S/C21H16F3NO2/c1-13-12-16(10-11-19(13)26)25-20(27)15-8-6-14(7-9-15)17-4-2-3-5-18(17)21(22,23)24/h2-12,26H,1H3,(H,25,27). The summed E-state index contributed by atoms with van der Waals surface area (Å²) >= 11 is 0. The van der Waals surface area contributed by atoms with Crippen molar-refractivity contribution in [2.24, 2.45) is 0 Å². The zero-order valence-corrected chi connectivity index (χ0v) is 14.3. The lowest BCUT2D eigenvalue weighted by atomic mass is 9.98. The van der Waals surface area contributed by atoms with E-state index >= 15 is 0 Å². The fourth-order valence-corrected chi connectivity index (χ4v) is 2.72. The lowest BCUT2D eigenvalue weighted by Crippen LogP contribution is -2.12. The minimum Gasteiger partial charge on any atom is -0.508 e. The molecule has 0 fully saturated rings. The number of phenols is 1. The molecule has 0 heterocycles. The molecule has 0 bridgehead atoms. The Morgan fingerprint density at radius 2 is 1.63 bits per heavy atom. The number of phenolic OH excluding ortho intramolecular Hbond substituents is 1. The van der Waals surface area contributed by atoms with E-state index in [1.165, 1.54) is 42.5 Å². The number of hydrogen-bond donors (Lipinski definition) is 2. The summed E-state index contributed by atoms with van der Waals surface area (Å²) in [6, 6.07) is 15.9. The Morgan fingerprint density at radius 1 is 0.963 bits per heavy atom. The predicted octanol–water partition coefficient (Wildman–Crippen LogP) is 5.64. The van der Waals surface area contributed by atoms with Crippen molar-refractivity contribution < 1.29 is 23.1 Å². The van der Waals surface area contributed by atoms with Crippen LogP contribution in [0.4, 0.5) is 18.9 Å². The van der Waals surface area contributed by atoms with Gasteiger partial charge in [-0.2, -0.15) is 13.2 Å². The molecular formula is C21H16F3NO2. The maximum atomic E-state index is 13.2. The van der Waals surface area contributed by atoms with Crippen molar-refractivity contribution in [3.63, 3.8) is 0 Å². The molecule has 0 aliphatic carbocycles. The monoisotopic (exact) mass is 371 g/mol. The molecule has 3 nitrogen and oxygen atoms in total. The van der Waals surface area contributed by atoms with Gasteiger partial charge in [-0.05, 0) is 60.0 Å². The summed E-state index contributed by atoms with van der Waals surface area (Å²) in [6.45, 7) is 1.71. The molecule has 1 amide bonds. The molecule has 0 aliphatic heterocycles. The fraction of sp³-hybridized carbons (Fsp3) is 0.0952. The van der Waals surface area contributed by atoms with Gasteiger partial charge in [-0.1, -0.05) is 30.3 Å². The van der Waals surface area contributed by atoms with Gasteiger partial charge in [0.2, 0.25) is 0 Å². The van der Waals surface area contributed by atoms with Crippen LogP contribution in [0.15, 0.2) is 66.7 Å². The van der Waals surface area contributed by atoms with Crippen LogP contribution >= 0.6 is 0 Å². The molecule has 0 saturated carbocycles. The van der Waals surface area contributed by atoms with E-state index in [-0.39, 0.29) is 11.3 Å². The number of anilines is 1. The number of aryl methyl sites for hydroxylation is 1. The van der Waals surface area contributed by atoms with Gasteiger partial charge in [0.05, 0.1) is 5.56 Å². The second kappa shape index (κ2) is 7.15. The third-order valence-corrected chi connectivity index (χ3v) is 4.15. The van der Waals surface area contributed by atoms with Crippen molar-refractivity contribution in [3.8, 4) is 16.9 Å². The van der Waals surface area contributed by atoms with E-state index in [9.17, 15) is 23.1 Å². The first-order valence-electron chi connectivity index (χ1n) is 8.13. The number of amides is 1. The first kappa shape index (κ1) is 18.5. The molecule has 0 spiro atoms. The lowest BCUT2D eigenvalue weighted by Gasteiger charge is -2.13. The van der Waals surface area contributed by atoms with Gasteiger partial charge in [-0.15, -0.1) is 0 Å². The van der Waals surface area contributed by atoms with E-state index in [1.807, 2.05) is 0 Å². The minimum atomic E-state index is -4.45. The van der Waals surface area contributed by atoms with Gasteiger partial charge >= 0.3 is 6.18 Å². The first-order chi connectivity index (χ1) is 12.8. The fourth-order valence-electron chi connectivity index (χ4n) is 2.72. The molecule has 0 saturated heterocycles. The van der Waals surface area contributed by atoms with E-state index in [4.69, 9.17) is 0 Å². The van der Waals surface area contributed by atoms with Crippen molar-refractivity contribution in [1.29, 1.82) is 0 Å². The predicted molar refractivity (Wildman–Crippen MR) is 97.7 cm³/mol. The molecule has 2 N–H and O–H groups in total. The molecule has 27 heavy (non-hydrogen) atoms. The highest BCUT2D eigenvalue weighted by molar-refractivity contribution is 6.04. The van der Waals surface area contributed by atoms with E-state index in [2.05, 4.69) is 5.32 Å². The van der Waals surface area contributed by atoms with E-state index in [1.54, 1.807) is 25.1 Å². The smallest absolute Gasteiger partial charge is 0.417 e. The minimum absolute atomic E-state index is 0.0612. The average molecular weight is 371 g/mol. The van der Waals surface area contributed by atoms with E-state index < -0.39 is 17.6 Å². The summed E-state index contributed by atoms with van der Waals surface area (Å²) in [6.07, 6.45) is -4.45. The molecule has 3 aromatic rings. The highest BCUT2D eigenvalue weighted by Crippen LogP contribution is 2.36. The highest BCUT2D eigenvalue weighted by Gasteiger charge is 2.33. The average Bonchev–Trinajstić information content (AvgIpc) is 2.64. The largest absolute Gasteiger partial charge is 0.508 e. The second-order valence-corrected chi connectivity index (χ2v) is 6.08. The van der Waals surface area contributed by atoms with Crippen LogP contribution in [0, 0.1) is 6.92 Å². The molecular weight excluding hydrogens is 355 g/mol. The van der Waals surface area contributed by atoms with Crippen LogP contribution in [0.2, 0.25) is 0 Å². The number of hydrogen-bond acceptors (Lipinski definition) is 2. The van der Waals surface area contributed by atoms with Crippen LogP contribution in [-0.2, 0) is 6.18 Å². The Hall–Kier alpha value is -3.28. The maximum Gasteiger partial charge on any atom is 0.417 e. The first-order valence-corrected chi connectivity index (χ1v) is 8.13. The Morgan fingerprint density at radius 3 is 2.26 bits per heavy atom. The second-order valence-electron chi connectivity index (χ2n) is 6.08. The normalized spacial score (nSPS) is 11.3. The van der Waals surface area contributed by atoms with E-state index in [0.29, 0.717) is 22.4 Å². The Kier molecular flexibility index (Phi) is 4.90. The van der Waals surface area contributed by atoms with Crippen molar-refractivity contribution in [1.82, 2.24) is 0 Å². The third kappa shape index (κ3) is 4.11. The summed E-state index contributed by atoms with van der Waals surface area (Å²) in [5, 5.41) is 12.2. The molecule has 6 heteroatoms. The van der Waals surface area contributed by atoms with Gasteiger partial charge in [-0.25, -0.2) is 0 Å². The van der Waals surface area contributed by atoms with Crippen LogP contribution in [-0.4, -0.2) is 11.0 Å². The van der Waals surface area contributed by atoms with Gasteiger partial charge < -0.3 is 10.4 Å². The summed E-state index contributed by atoms with van der Waals surface area (Å²) in [4.78, 5) is 12.3. The number of carbonyl (C=O) groups is 1. The van der Waals surface area contributed by atoms with Crippen LogP contribution in [0.25, 0.3) is 11.1 Å². The van der Waals surface area contributed by atoms with Crippen LogP contribution < -0.4 is 5.32 Å². The number of benzene rings is 3. The number of rotatable bonds is 3. The molecule has 0 radical (unpaired) electrons. The number of nitrogens with one attached hydrogen (secondary N) is 1. The molecule has 0 atom stereocenters. The van der Waals surface area contributed by atoms with Crippen LogP contribution in [0.5, 0.6) is 5.75 Å². The maximum absolute atomic E-state index is 13.2. The van der Waals surface area contributed by atoms with Crippen molar-refractivity contribution in [2.45, 2.75) is 13.1 Å². The topological polar surface area (TPSA) is 49.3 Å². The van der Waals surface area contributed by atoms with E-state index in [0.717, 1.165) is 6.07 Å². The number of aromatic hydroxyl groups is 1. The van der Waals surface area contributed by atoms with Crippen molar-refractivity contribution in [3.05, 3.63) is 83.4 Å². The quantitative estimate of drug-likeness (QED) is 0.586. The van der Waals surface area contributed by atoms with Gasteiger partial charge in [0.15, 0.2) is 0 Å². The Balaban J connectivity index is 1.83. The molecule has 138 valence electrons.